The quantitative estimate of drug-likeness (QED) is 0.942. The van der Waals surface area contributed by atoms with Crippen molar-refractivity contribution in [1.82, 2.24) is 25.5 Å². The molecule has 1 saturated carbocycles. The van der Waals surface area contributed by atoms with E-state index in [4.69, 9.17) is 0 Å². The van der Waals surface area contributed by atoms with Crippen molar-refractivity contribution in [3.05, 3.63) is 35.2 Å². The van der Waals surface area contributed by atoms with Gasteiger partial charge in [-0.15, -0.1) is 5.10 Å². The van der Waals surface area contributed by atoms with Crippen molar-refractivity contribution in [2.75, 3.05) is 7.05 Å². The van der Waals surface area contributed by atoms with Gasteiger partial charge in [0.15, 0.2) is 5.82 Å². The molecule has 5 nitrogen and oxygen atoms in total. The highest BCUT2D eigenvalue weighted by atomic mass is 15.6. The van der Waals surface area contributed by atoms with Crippen LogP contribution >= 0.6 is 0 Å². The molecule has 1 aliphatic rings. The van der Waals surface area contributed by atoms with Crippen molar-refractivity contribution < 1.29 is 0 Å². The van der Waals surface area contributed by atoms with Gasteiger partial charge in [-0.05, 0) is 55.3 Å². The molecule has 0 unspecified atom stereocenters. The lowest BCUT2D eigenvalue weighted by Gasteiger charge is -2.35. The standard InChI is InChI=1S/C16H23N5/c1-12-8-7-9-13(2)14(12)21-15(18-19-20-21)16(17-3)10-5-4-6-11-16/h7-9,17H,4-6,10-11H2,1-3H3. The van der Waals surface area contributed by atoms with Crippen LogP contribution in [0.5, 0.6) is 0 Å². The van der Waals surface area contributed by atoms with E-state index < -0.39 is 0 Å². The summed E-state index contributed by atoms with van der Waals surface area (Å²) in [5, 5.41) is 16.2. The predicted octanol–water partition coefficient (Wildman–Crippen LogP) is 2.66. The molecule has 1 N–H and O–H groups in total. The van der Waals surface area contributed by atoms with Crippen LogP contribution in [0.15, 0.2) is 18.2 Å². The average Bonchev–Trinajstić information content (AvgIpc) is 2.97. The van der Waals surface area contributed by atoms with Crippen LogP contribution in [-0.2, 0) is 5.54 Å². The minimum Gasteiger partial charge on any atom is -0.308 e. The van der Waals surface area contributed by atoms with E-state index in [1.807, 2.05) is 11.7 Å². The van der Waals surface area contributed by atoms with Crippen molar-refractivity contribution in [2.24, 2.45) is 0 Å². The molecule has 112 valence electrons. The Hall–Kier alpha value is -1.75. The van der Waals surface area contributed by atoms with E-state index in [1.165, 1.54) is 30.4 Å². The van der Waals surface area contributed by atoms with Gasteiger partial charge in [-0.1, -0.05) is 37.5 Å². The van der Waals surface area contributed by atoms with E-state index in [9.17, 15) is 0 Å². The molecular formula is C16H23N5. The summed E-state index contributed by atoms with van der Waals surface area (Å²) in [6.45, 7) is 4.22. The molecule has 1 heterocycles. The second-order valence-corrected chi connectivity index (χ2v) is 6.05. The summed E-state index contributed by atoms with van der Waals surface area (Å²) in [4.78, 5) is 0. The van der Waals surface area contributed by atoms with Gasteiger partial charge in [0.05, 0.1) is 11.2 Å². The number of rotatable bonds is 3. The second-order valence-electron chi connectivity index (χ2n) is 6.05. The van der Waals surface area contributed by atoms with Crippen LogP contribution < -0.4 is 5.32 Å². The predicted molar refractivity (Wildman–Crippen MR) is 82.5 cm³/mol. The van der Waals surface area contributed by atoms with Crippen molar-refractivity contribution in [2.45, 2.75) is 51.5 Å². The number of nitrogens with zero attached hydrogens (tertiary/aromatic N) is 4. The third kappa shape index (κ3) is 2.35. The number of aryl methyl sites for hydroxylation is 2. The fourth-order valence-corrected chi connectivity index (χ4v) is 3.52. The Morgan fingerprint density at radius 3 is 2.38 bits per heavy atom. The van der Waals surface area contributed by atoms with E-state index in [1.54, 1.807) is 0 Å². The molecule has 0 aliphatic heterocycles. The molecule has 0 bridgehead atoms. The first-order chi connectivity index (χ1) is 10.2. The normalized spacial score (nSPS) is 17.9. The molecule has 3 rings (SSSR count). The Bertz CT molecular complexity index is 605. The van der Waals surface area contributed by atoms with Gasteiger partial charge >= 0.3 is 0 Å². The molecule has 0 radical (unpaired) electrons. The Morgan fingerprint density at radius 2 is 1.76 bits per heavy atom. The van der Waals surface area contributed by atoms with Crippen LogP contribution in [0.2, 0.25) is 0 Å². The number of para-hydroxylation sites is 1. The van der Waals surface area contributed by atoms with E-state index >= 15 is 0 Å². The summed E-state index contributed by atoms with van der Waals surface area (Å²) in [7, 11) is 2.02. The van der Waals surface area contributed by atoms with Crippen molar-refractivity contribution >= 4 is 0 Å². The molecule has 0 amide bonds. The monoisotopic (exact) mass is 285 g/mol. The van der Waals surface area contributed by atoms with Gasteiger partial charge in [-0.2, -0.15) is 4.68 Å². The number of aromatic nitrogens is 4. The van der Waals surface area contributed by atoms with Gasteiger partial charge in [0.25, 0.3) is 0 Å². The lowest BCUT2D eigenvalue weighted by Crippen LogP contribution is -2.44. The van der Waals surface area contributed by atoms with Gasteiger partial charge in [0.1, 0.15) is 0 Å². The molecule has 1 aromatic heterocycles. The molecule has 0 saturated heterocycles. The first kappa shape index (κ1) is 14.2. The topological polar surface area (TPSA) is 55.6 Å². The zero-order valence-corrected chi connectivity index (χ0v) is 13.1. The number of hydrogen-bond acceptors (Lipinski definition) is 4. The van der Waals surface area contributed by atoms with Crippen LogP contribution in [0.4, 0.5) is 0 Å². The first-order valence-electron chi connectivity index (χ1n) is 7.72. The number of benzene rings is 1. The van der Waals surface area contributed by atoms with Crippen LogP contribution in [0.3, 0.4) is 0 Å². The number of hydrogen-bond donors (Lipinski definition) is 1. The van der Waals surface area contributed by atoms with E-state index in [2.05, 4.69) is 52.9 Å². The van der Waals surface area contributed by atoms with Gasteiger partial charge in [0, 0.05) is 0 Å². The summed E-state index contributed by atoms with van der Waals surface area (Å²) >= 11 is 0. The van der Waals surface area contributed by atoms with E-state index in [0.717, 1.165) is 24.4 Å². The Labute approximate surface area is 125 Å². The molecular weight excluding hydrogens is 262 g/mol. The summed E-state index contributed by atoms with van der Waals surface area (Å²) in [5.41, 5.74) is 3.41. The molecule has 1 aromatic carbocycles. The van der Waals surface area contributed by atoms with E-state index in [-0.39, 0.29) is 5.54 Å². The third-order valence-corrected chi connectivity index (χ3v) is 4.73. The second kappa shape index (κ2) is 5.56. The molecule has 1 fully saturated rings. The van der Waals surface area contributed by atoms with Crippen LogP contribution in [-0.4, -0.2) is 27.3 Å². The lowest BCUT2D eigenvalue weighted by molar-refractivity contribution is 0.231. The molecule has 0 spiro atoms. The molecule has 1 aliphatic carbocycles. The van der Waals surface area contributed by atoms with E-state index in [0.29, 0.717) is 0 Å². The maximum atomic E-state index is 4.38. The van der Waals surface area contributed by atoms with Crippen LogP contribution in [0.1, 0.15) is 49.1 Å². The Kier molecular flexibility index (Phi) is 3.76. The van der Waals surface area contributed by atoms with Gasteiger partial charge in [-0.3, -0.25) is 0 Å². The van der Waals surface area contributed by atoms with Crippen LogP contribution in [0, 0.1) is 13.8 Å². The van der Waals surface area contributed by atoms with Crippen molar-refractivity contribution in [3.8, 4) is 5.69 Å². The molecule has 5 heteroatoms. The van der Waals surface area contributed by atoms with Gasteiger partial charge in [0.2, 0.25) is 0 Å². The smallest absolute Gasteiger partial charge is 0.176 e. The zero-order chi connectivity index (χ0) is 14.9. The van der Waals surface area contributed by atoms with Gasteiger partial charge < -0.3 is 5.32 Å². The maximum absolute atomic E-state index is 4.38. The van der Waals surface area contributed by atoms with Crippen molar-refractivity contribution in [3.63, 3.8) is 0 Å². The summed E-state index contributed by atoms with van der Waals surface area (Å²) in [6, 6.07) is 6.30. The number of nitrogens with one attached hydrogen (secondary N) is 1. The molecule has 0 atom stereocenters. The zero-order valence-electron chi connectivity index (χ0n) is 13.1. The summed E-state index contributed by atoms with van der Waals surface area (Å²) in [5.74, 6) is 0.946. The summed E-state index contributed by atoms with van der Waals surface area (Å²) < 4.78 is 1.94. The van der Waals surface area contributed by atoms with Crippen molar-refractivity contribution in [1.29, 1.82) is 0 Å². The minimum atomic E-state index is -0.101. The Morgan fingerprint density at radius 1 is 1.10 bits per heavy atom. The maximum Gasteiger partial charge on any atom is 0.176 e. The number of tetrazole rings is 1. The first-order valence-corrected chi connectivity index (χ1v) is 7.72. The fraction of sp³-hybridized carbons (Fsp3) is 0.562. The average molecular weight is 285 g/mol. The fourth-order valence-electron chi connectivity index (χ4n) is 3.52. The minimum absolute atomic E-state index is 0.101. The Balaban J connectivity index is 2.13. The van der Waals surface area contributed by atoms with Gasteiger partial charge in [-0.25, -0.2) is 0 Å². The highest BCUT2D eigenvalue weighted by molar-refractivity contribution is 5.47. The highest BCUT2D eigenvalue weighted by Crippen LogP contribution is 2.36. The molecule has 21 heavy (non-hydrogen) atoms. The third-order valence-electron chi connectivity index (χ3n) is 4.73. The van der Waals surface area contributed by atoms with Crippen LogP contribution in [0.25, 0.3) is 5.69 Å². The SMILES string of the molecule is CNC1(c2nnnn2-c2c(C)cccc2C)CCCCC1. The summed E-state index contributed by atoms with van der Waals surface area (Å²) in [6.07, 6.45) is 5.93. The molecule has 2 aromatic rings. The largest absolute Gasteiger partial charge is 0.308 e. The highest BCUT2D eigenvalue weighted by Gasteiger charge is 2.38. The lowest BCUT2D eigenvalue weighted by atomic mass is 9.81.